The van der Waals surface area contributed by atoms with Crippen molar-refractivity contribution in [3.8, 4) is 44.5 Å². The van der Waals surface area contributed by atoms with E-state index in [0.29, 0.717) is 0 Å². The van der Waals surface area contributed by atoms with E-state index in [1.807, 2.05) is 12.1 Å². The Hall–Kier alpha value is -7.68. The Morgan fingerprint density at radius 2 is 1.00 bits per heavy atom. The van der Waals surface area contributed by atoms with E-state index in [4.69, 9.17) is 4.42 Å². The average Bonchev–Trinajstić information content (AvgIpc) is 3.80. The zero-order valence-corrected chi connectivity index (χ0v) is 34.1. The fourth-order valence-corrected chi connectivity index (χ4v) is 10.1. The minimum absolute atomic E-state index is 0.151. The Bertz CT molecular complexity index is 3500. The van der Waals surface area contributed by atoms with Crippen LogP contribution >= 0.6 is 0 Å². The van der Waals surface area contributed by atoms with Crippen LogP contribution in [0.5, 0.6) is 0 Å². The van der Waals surface area contributed by atoms with Gasteiger partial charge in [-0.05, 0) is 126 Å². The molecule has 2 nitrogen and oxygen atoms in total. The minimum Gasteiger partial charge on any atom is -0.456 e. The summed E-state index contributed by atoms with van der Waals surface area (Å²) < 4.78 is 6.19. The van der Waals surface area contributed by atoms with Crippen LogP contribution in [0.15, 0.2) is 217 Å². The van der Waals surface area contributed by atoms with Crippen LogP contribution in [0.25, 0.3) is 88.0 Å². The molecule has 0 atom stereocenters. The van der Waals surface area contributed by atoms with Gasteiger partial charge in [-0.3, -0.25) is 0 Å². The molecule has 288 valence electrons. The van der Waals surface area contributed by atoms with E-state index in [2.05, 4.69) is 219 Å². The van der Waals surface area contributed by atoms with Crippen LogP contribution in [0.1, 0.15) is 25.0 Å². The second kappa shape index (κ2) is 13.7. The molecule has 0 saturated heterocycles. The van der Waals surface area contributed by atoms with Crippen LogP contribution in [-0.4, -0.2) is 0 Å². The Kier molecular flexibility index (Phi) is 7.92. The van der Waals surface area contributed by atoms with Crippen molar-refractivity contribution in [1.82, 2.24) is 0 Å². The molecule has 1 aliphatic carbocycles. The molecule has 11 aromatic rings. The smallest absolute Gasteiger partial charge is 0.135 e. The lowest BCUT2D eigenvalue weighted by atomic mass is 9.82. The molecule has 0 amide bonds. The van der Waals surface area contributed by atoms with Crippen LogP contribution in [0.3, 0.4) is 0 Å². The molecule has 10 aromatic carbocycles. The maximum Gasteiger partial charge on any atom is 0.135 e. The van der Waals surface area contributed by atoms with Crippen LogP contribution < -0.4 is 4.90 Å². The molecule has 0 aliphatic heterocycles. The Balaban J connectivity index is 1.09. The normalized spacial score (nSPS) is 12.9. The zero-order valence-electron chi connectivity index (χ0n) is 34.1. The predicted octanol–water partition coefficient (Wildman–Crippen LogP) is 16.7. The molecular formula is C59H41NO. The van der Waals surface area contributed by atoms with Gasteiger partial charge in [-0.25, -0.2) is 0 Å². The SMILES string of the molecule is CC1(C)c2ccccc2-c2ccc(N(c3ccc(-c4ccc5oc6ccccc6c5c4)cc3)c3cccc(-c4cc5ccccc5c5ccccc45)c3-c3ccccc3)cc21. The first kappa shape index (κ1) is 35.3. The summed E-state index contributed by atoms with van der Waals surface area (Å²) in [5.74, 6) is 0. The number of rotatable bonds is 6. The van der Waals surface area contributed by atoms with E-state index in [0.717, 1.165) is 50.1 Å². The van der Waals surface area contributed by atoms with Crippen LogP contribution in [0.2, 0.25) is 0 Å². The van der Waals surface area contributed by atoms with E-state index in [9.17, 15) is 0 Å². The molecular weight excluding hydrogens is 739 g/mol. The van der Waals surface area contributed by atoms with Gasteiger partial charge in [0, 0.05) is 33.1 Å². The molecule has 1 aliphatic rings. The van der Waals surface area contributed by atoms with Gasteiger partial charge in [0.15, 0.2) is 0 Å². The van der Waals surface area contributed by atoms with E-state index < -0.39 is 0 Å². The molecule has 1 heterocycles. The fourth-order valence-electron chi connectivity index (χ4n) is 10.1. The van der Waals surface area contributed by atoms with Crippen molar-refractivity contribution in [1.29, 1.82) is 0 Å². The molecule has 0 bridgehead atoms. The number of nitrogens with zero attached hydrogens (tertiary/aromatic N) is 1. The Morgan fingerprint density at radius 3 is 1.85 bits per heavy atom. The summed E-state index contributed by atoms with van der Waals surface area (Å²) in [5, 5.41) is 7.26. The summed E-state index contributed by atoms with van der Waals surface area (Å²) >= 11 is 0. The molecule has 0 fully saturated rings. The van der Waals surface area contributed by atoms with Crippen molar-refractivity contribution in [2.45, 2.75) is 19.3 Å². The van der Waals surface area contributed by atoms with Gasteiger partial charge in [-0.2, -0.15) is 0 Å². The molecule has 1 aromatic heterocycles. The lowest BCUT2D eigenvalue weighted by Gasteiger charge is -2.31. The van der Waals surface area contributed by atoms with Gasteiger partial charge in [-0.1, -0.05) is 172 Å². The summed E-state index contributed by atoms with van der Waals surface area (Å²) in [4.78, 5) is 2.48. The molecule has 0 unspecified atom stereocenters. The Morgan fingerprint density at radius 1 is 0.361 bits per heavy atom. The maximum absolute atomic E-state index is 6.19. The van der Waals surface area contributed by atoms with Gasteiger partial charge in [0.25, 0.3) is 0 Å². The number of anilines is 3. The van der Waals surface area contributed by atoms with Crippen molar-refractivity contribution in [2.75, 3.05) is 4.90 Å². The topological polar surface area (TPSA) is 16.4 Å². The van der Waals surface area contributed by atoms with Gasteiger partial charge in [0.2, 0.25) is 0 Å². The van der Waals surface area contributed by atoms with E-state index in [1.165, 1.54) is 66.1 Å². The van der Waals surface area contributed by atoms with E-state index in [1.54, 1.807) is 0 Å². The molecule has 0 radical (unpaired) electrons. The molecule has 0 spiro atoms. The zero-order chi connectivity index (χ0) is 40.7. The first-order chi connectivity index (χ1) is 30.0. The van der Waals surface area contributed by atoms with Crippen LogP contribution in [-0.2, 0) is 5.41 Å². The number of hydrogen-bond donors (Lipinski definition) is 0. The van der Waals surface area contributed by atoms with Crippen molar-refractivity contribution in [3.63, 3.8) is 0 Å². The molecule has 61 heavy (non-hydrogen) atoms. The highest BCUT2D eigenvalue weighted by atomic mass is 16.3. The number of para-hydroxylation sites is 1. The van der Waals surface area contributed by atoms with Gasteiger partial charge in [0.1, 0.15) is 11.2 Å². The molecule has 12 rings (SSSR count). The fraction of sp³-hybridized carbons (Fsp3) is 0.0508. The van der Waals surface area contributed by atoms with Gasteiger partial charge < -0.3 is 9.32 Å². The highest BCUT2D eigenvalue weighted by Crippen LogP contribution is 2.52. The van der Waals surface area contributed by atoms with Crippen molar-refractivity contribution in [3.05, 3.63) is 223 Å². The number of furan rings is 1. The molecule has 0 N–H and O–H groups in total. The number of fused-ring (bicyclic) bond motifs is 9. The lowest BCUT2D eigenvalue weighted by Crippen LogP contribution is -2.17. The quantitative estimate of drug-likeness (QED) is 0.156. The number of hydrogen-bond acceptors (Lipinski definition) is 2. The average molecular weight is 780 g/mol. The Labute approximate surface area is 355 Å². The first-order valence-corrected chi connectivity index (χ1v) is 21.2. The van der Waals surface area contributed by atoms with E-state index in [-0.39, 0.29) is 5.41 Å². The summed E-state index contributed by atoms with van der Waals surface area (Å²) in [6.07, 6.45) is 0. The summed E-state index contributed by atoms with van der Waals surface area (Å²) in [6, 6.07) is 77.7. The standard InChI is InChI=1S/C59H41NO/c1-59(2)53-24-12-10-21-47(53)48-33-32-43(37-54(48)59)60(42-30-27-38(28-31-42)40-29-34-57-52(35-40)49-22-11-13-26-56(49)61-57)55-25-14-23-50(58(55)39-15-4-3-5-16-39)51-36-41-17-6-7-18-44(41)45-19-8-9-20-46(45)51/h3-37H,1-2H3. The monoisotopic (exact) mass is 779 g/mol. The predicted molar refractivity (Wildman–Crippen MR) is 257 cm³/mol. The van der Waals surface area contributed by atoms with Gasteiger partial charge in [0.05, 0.1) is 5.69 Å². The number of benzene rings is 10. The largest absolute Gasteiger partial charge is 0.456 e. The van der Waals surface area contributed by atoms with Crippen molar-refractivity contribution in [2.24, 2.45) is 0 Å². The third kappa shape index (κ3) is 5.56. The van der Waals surface area contributed by atoms with Gasteiger partial charge >= 0.3 is 0 Å². The minimum atomic E-state index is -0.151. The second-order valence-corrected chi connectivity index (χ2v) is 16.8. The third-order valence-electron chi connectivity index (χ3n) is 13.1. The molecule has 2 heteroatoms. The summed E-state index contributed by atoms with van der Waals surface area (Å²) in [5.41, 5.74) is 17.4. The third-order valence-corrected chi connectivity index (χ3v) is 13.1. The van der Waals surface area contributed by atoms with Crippen LogP contribution in [0.4, 0.5) is 17.1 Å². The highest BCUT2D eigenvalue weighted by Gasteiger charge is 2.36. The molecule has 0 saturated carbocycles. The van der Waals surface area contributed by atoms with Crippen LogP contribution in [0, 0.1) is 0 Å². The van der Waals surface area contributed by atoms with Crippen molar-refractivity contribution < 1.29 is 4.42 Å². The maximum atomic E-state index is 6.19. The van der Waals surface area contributed by atoms with Crippen molar-refractivity contribution >= 4 is 60.5 Å². The summed E-state index contributed by atoms with van der Waals surface area (Å²) in [7, 11) is 0. The summed E-state index contributed by atoms with van der Waals surface area (Å²) in [6.45, 7) is 4.73. The lowest BCUT2D eigenvalue weighted by molar-refractivity contribution is 0.660. The van der Waals surface area contributed by atoms with Gasteiger partial charge in [-0.15, -0.1) is 0 Å². The first-order valence-electron chi connectivity index (χ1n) is 21.2. The highest BCUT2D eigenvalue weighted by molar-refractivity contribution is 6.16. The second-order valence-electron chi connectivity index (χ2n) is 16.8. The van der Waals surface area contributed by atoms with E-state index >= 15 is 0 Å².